The fraction of sp³-hybridized carbons (Fsp3) is 0.875. The summed E-state index contributed by atoms with van der Waals surface area (Å²) in [7, 11) is 0. The van der Waals surface area contributed by atoms with E-state index in [0.29, 0.717) is 0 Å². The fourth-order valence-corrected chi connectivity index (χ4v) is 0.884. The van der Waals surface area contributed by atoms with Crippen molar-refractivity contribution < 1.29 is 30.0 Å². The van der Waals surface area contributed by atoms with Crippen LogP contribution in [0, 0.1) is 0 Å². The minimum Gasteiger partial charge on any atom is -0.454 e. The Hall–Kier alpha value is -0.690. The lowest BCUT2D eigenvalue weighted by Gasteiger charge is -2.24. The maximum atomic E-state index is 11.0. The van der Waals surface area contributed by atoms with Crippen molar-refractivity contribution in [2.45, 2.75) is 44.9 Å². The molecule has 2 atom stereocenters. The zero-order chi connectivity index (χ0) is 11.4. The molecule has 0 radical (unpaired) electrons. The SMILES string of the molecule is CCC(OC(=O)CC(C)O)C(O)(O)O. The van der Waals surface area contributed by atoms with Gasteiger partial charge in [-0.1, -0.05) is 6.92 Å². The molecule has 4 N–H and O–H groups in total. The quantitative estimate of drug-likeness (QED) is 0.331. The van der Waals surface area contributed by atoms with Gasteiger partial charge in [-0.15, -0.1) is 0 Å². The van der Waals surface area contributed by atoms with Gasteiger partial charge in [-0.05, 0) is 13.3 Å². The molecule has 84 valence electrons. The van der Waals surface area contributed by atoms with Crippen LogP contribution in [0.4, 0.5) is 0 Å². The molecule has 0 aliphatic rings. The molecule has 0 aromatic carbocycles. The van der Waals surface area contributed by atoms with Crippen LogP contribution in [0.2, 0.25) is 0 Å². The summed E-state index contributed by atoms with van der Waals surface area (Å²) in [5, 5.41) is 35.0. The lowest BCUT2D eigenvalue weighted by atomic mass is 10.2. The van der Waals surface area contributed by atoms with Gasteiger partial charge in [-0.2, -0.15) is 0 Å². The Morgan fingerprint density at radius 2 is 1.93 bits per heavy atom. The number of hydrogen-bond acceptors (Lipinski definition) is 6. The summed E-state index contributed by atoms with van der Waals surface area (Å²) < 4.78 is 4.53. The van der Waals surface area contributed by atoms with E-state index in [0.717, 1.165) is 0 Å². The van der Waals surface area contributed by atoms with Crippen molar-refractivity contribution in [1.82, 2.24) is 0 Å². The summed E-state index contributed by atoms with van der Waals surface area (Å²) in [5.41, 5.74) is 0. The summed E-state index contributed by atoms with van der Waals surface area (Å²) in [6.07, 6.45) is -2.49. The highest BCUT2D eigenvalue weighted by atomic mass is 16.7. The van der Waals surface area contributed by atoms with E-state index in [2.05, 4.69) is 4.74 Å². The van der Waals surface area contributed by atoms with E-state index < -0.39 is 24.2 Å². The third-order valence-corrected chi connectivity index (χ3v) is 1.54. The van der Waals surface area contributed by atoms with Crippen molar-refractivity contribution in [1.29, 1.82) is 0 Å². The van der Waals surface area contributed by atoms with Gasteiger partial charge in [0.2, 0.25) is 0 Å². The monoisotopic (exact) mass is 208 g/mol. The number of ether oxygens (including phenoxy) is 1. The lowest BCUT2D eigenvalue weighted by molar-refractivity contribution is -0.356. The number of aliphatic hydroxyl groups is 4. The van der Waals surface area contributed by atoms with Gasteiger partial charge in [-0.25, -0.2) is 0 Å². The summed E-state index contributed by atoms with van der Waals surface area (Å²) >= 11 is 0. The zero-order valence-electron chi connectivity index (χ0n) is 8.17. The van der Waals surface area contributed by atoms with E-state index in [1.807, 2.05) is 0 Å². The fourth-order valence-electron chi connectivity index (χ4n) is 0.884. The second kappa shape index (κ2) is 5.26. The van der Waals surface area contributed by atoms with Crippen molar-refractivity contribution in [2.75, 3.05) is 0 Å². The second-order valence-electron chi connectivity index (χ2n) is 3.13. The Morgan fingerprint density at radius 1 is 1.43 bits per heavy atom. The largest absolute Gasteiger partial charge is 0.454 e. The van der Waals surface area contributed by atoms with Crippen LogP contribution in [0.25, 0.3) is 0 Å². The third kappa shape index (κ3) is 5.13. The van der Waals surface area contributed by atoms with Gasteiger partial charge in [0.15, 0.2) is 6.10 Å². The number of carbonyl (C=O) groups is 1. The number of esters is 1. The van der Waals surface area contributed by atoms with Gasteiger partial charge in [0, 0.05) is 0 Å². The number of hydrogen-bond donors (Lipinski definition) is 4. The van der Waals surface area contributed by atoms with Crippen LogP contribution < -0.4 is 0 Å². The Bertz CT molecular complexity index is 183. The molecule has 0 aliphatic carbocycles. The van der Waals surface area contributed by atoms with E-state index in [9.17, 15) is 4.79 Å². The summed E-state index contributed by atoms with van der Waals surface area (Å²) in [5.74, 6) is -3.84. The van der Waals surface area contributed by atoms with Gasteiger partial charge in [0.05, 0.1) is 12.5 Å². The van der Waals surface area contributed by atoms with Crippen LogP contribution in [0.1, 0.15) is 26.7 Å². The van der Waals surface area contributed by atoms with Crippen molar-refractivity contribution in [3.8, 4) is 0 Å². The van der Waals surface area contributed by atoms with Crippen LogP contribution in [-0.2, 0) is 9.53 Å². The highest BCUT2D eigenvalue weighted by molar-refractivity contribution is 5.70. The minimum atomic E-state index is -3.04. The Morgan fingerprint density at radius 3 is 2.21 bits per heavy atom. The molecule has 0 aliphatic heterocycles. The van der Waals surface area contributed by atoms with Crippen LogP contribution in [0.15, 0.2) is 0 Å². The van der Waals surface area contributed by atoms with Gasteiger partial charge in [0.25, 0.3) is 0 Å². The summed E-state index contributed by atoms with van der Waals surface area (Å²) in [6.45, 7) is 2.91. The van der Waals surface area contributed by atoms with Gasteiger partial charge >= 0.3 is 11.9 Å². The van der Waals surface area contributed by atoms with Gasteiger partial charge in [-0.3, -0.25) is 4.79 Å². The number of carbonyl (C=O) groups excluding carboxylic acids is 1. The number of rotatable bonds is 5. The minimum absolute atomic E-state index is 0.0506. The molecule has 2 unspecified atom stereocenters. The van der Waals surface area contributed by atoms with Gasteiger partial charge < -0.3 is 25.2 Å². The van der Waals surface area contributed by atoms with Crippen molar-refractivity contribution in [2.24, 2.45) is 0 Å². The molecule has 0 spiro atoms. The average molecular weight is 208 g/mol. The first-order valence-electron chi connectivity index (χ1n) is 4.32. The average Bonchev–Trinajstić information content (AvgIpc) is 1.96. The molecule has 6 heteroatoms. The standard InChI is InChI=1S/C8H16O6/c1-3-6(8(11,12)13)14-7(10)4-5(2)9/h5-6,9,11-13H,3-4H2,1-2H3. The molecule has 0 rings (SSSR count). The second-order valence-corrected chi connectivity index (χ2v) is 3.13. The van der Waals surface area contributed by atoms with Crippen molar-refractivity contribution in [3.05, 3.63) is 0 Å². The Kier molecular flexibility index (Phi) is 5.00. The molecule has 0 aromatic heterocycles. The Balaban J connectivity index is 4.13. The van der Waals surface area contributed by atoms with Crippen LogP contribution >= 0.6 is 0 Å². The predicted molar refractivity (Wildman–Crippen MR) is 45.9 cm³/mol. The smallest absolute Gasteiger partial charge is 0.314 e. The molecule has 0 saturated carbocycles. The van der Waals surface area contributed by atoms with Crippen LogP contribution in [0.5, 0.6) is 0 Å². The van der Waals surface area contributed by atoms with Gasteiger partial charge in [0.1, 0.15) is 0 Å². The van der Waals surface area contributed by atoms with E-state index in [-0.39, 0.29) is 12.8 Å². The third-order valence-electron chi connectivity index (χ3n) is 1.54. The molecule has 0 fully saturated rings. The zero-order valence-corrected chi connectivity index (χ0v) is 8.17. The van der Waals surface area contributed by atoms with E-state index in [1.54, 1.807) is 0 Å². The van der Waals surface area contributed by atoms with Crippen LogP contribution in [-0.4, -0.2) is 44.6 Å². The van der Waals surface area contributed by atoms with Crippen molar-refractivity contribution in [3.63, 3.8) is 0 Å². The van der Waals surface area contributed by atoms with Crippen molar-refractivity contribution >= 4 is 5.97 Å². The maximum absolute atomic E-state index is 11.0. The first-order valence-corrected chi connectivity index (χ1v) is 4.32. The van der Waals surface area contributed by atoms with Crippen LogP contribution in [0.3, 0.4) is 0 Å². The predicted octanol–water partition coefficient (Wildman–Crippen LogP) is -1.29. The van der Waals surface area contributed by atoms with E-state index in [4.69, 9.17) is 20.4 Å². The highest BCUT2D eigenvalue weighted by Crippen LogP contribution is 2.12. The highest BCUT2D eigenvalue weighted by Gasteiger charge is 2.34. The molecule has 0 saturated heterocycles. The lowest BCUT2D eigenvalue weighted by Crippen LogP contribution is -2.44. The molecule has 14 heavy (non-hydrogen) atoms. The first kappa shape index (κ1) is 13.3. The Labute approximate surface area is 81.7 Å². The van der Waals surface area contributed by atoms with E-state index in [1.165, 1.54) is 13.8 Å². The topological polar surface area (TPSA) is 107 Å². The normalized spacial score (nSPS) is 16.1. The molecule has 0 bridgehead atoms. The summed E-state index contributed by atoms with van der Waals surface area (Å²) in [4.78, 5) is 11.0. The molecule has 0 amide bonds. The van der Waals surface area contributed by atoms with E-state index >= 15 is 0 Å². The molecule has 6 nitrogen and oxygen atoms in total. The molecular formula is C8H16O6. The summed E-state index contributed by atoms with van der Waals surface area (Å²) in [6, 6.07) is 0. The molecule has 0 aromatic rings. The molecule has 0 heterocycles. The molecular weight excluding hydrogens is 192 g/mol. The number of aliphatic hydroxyl groups excluding tert-OH is 1. The first-order chi connectivity index (χ1) is 6.27. The maximum Gasteiger partial charge on any atom is 0.314 e.